The molecule has 1 rings (SSSR count). The highest BCUT2D eigenvalue weighted by Gasteiger charge is 2.37. The van der Waals surface area contributed by atoms with Gasteiger partial charge in [0, 0.05) is 12.0 Å². The molecule has 0 saturated carbocycles. The number of carbonyl (C=O) groups excluding carboxylic acids is 2. The summed E-state index contributed by atoms with van der Waals surface area (Å²) in [5, 5.41) is 0. The zero-order chi connectivity index (χ0) is 12.5. The Balaban J connectivity index is 2.85. The number of primary amides is 1. The Labute approximate surface area is 97.2 Å². The van der Waals surface area contributed by atoms with Crippen LogP contribution < -0.4 is 5.73 Å². The van der Waals surface area contributed by atoms with Gasteiger partial charge >= 0.3 is 0 Å². The van der Waals surface area contributed by atoms with Gasteiger partial charge < -0.3 is 10.6 Å². The molecule has 1 aliphatic rings. The first-order valence-electron chi connectivity index (χ1n) is 5.84. The van der Waals surface area contributed by atoms with E-state index < -0.39 is 11.5 Å². The van der Waals surface area contributed by atoms with Gasteiger partial charge in [-0.25, -0.2) is 0 Å². The lowest BCUT2D eigenvalue weighted by atomic mass is 9.87. The molecule has 16 heavy (non-hydrogen) atoms. The molecule has 0 bridgehead atoms. The van der Waals surface area contributed by atoms with Gasteiger partial charge in [0.2, 0.25) is 11.8 Å². The molecule has 0 spiro atoms. The fraction of sp³-hybridized carbons (Fsp3) is 0.833. The van der Waals surface area contributed by atoms with E-state index >= 15 is 0 Å². The van der Waals surface area contributed by atoms with Crippen molar-refractivity contribution in [1.82, 2.24) is 4.90 Å². The SMILES string of the molecule is C[C@@H]1CCN(C(=O)C(C)(C)C)[C@@H](C(N)=O)C1. The molecular formula is C12H22N2O2. The first-order chi connectivity index (χ1) is 7.23. The van der Waals surface area contributed by atoms with E-state index in [-0.39, 0.29) is 11.8 Å². The molecule has 0 unspecified atom stereocenters. The number of hydrogen-bond donors (Lipinski definition) is 1. The van der Waals surface area contributed by atoms with E-state index in [1.807, 2.05) is 20.8 Å². The Morgan fingerprint density at radius 1 is 1.31 bits per heavy atom. The lowest BCUT2D eigenvalue weighted by molar-refractivity contribution is -0.148. The summed E-state index contributed by atoms with van der Waals surface area (Å²) in [6.45, 7) is 8.34. The number of nitrogens with two attached hydrogens (primary N) is 1. The molecule has 0 aliphatic carbocycles. The Morgan fingerprint density at radius 2 is 1.88 bits per heavy atom. The van der Waals surface area contributed by atoms with Crippen molar-refractivity contribution in [3.63, 3.8) is 0 Å². The maximum absolute atomic E-state index is 12.2. The summed E-state index contributed by atoms with van der Waals surface area (Å²) < 4.78 is 0. The number of amides is 2. The fourth-order valence-electron chi connectivity index (χ4n) is 2.09. The van der Waals surface area contributed by atoms with Crippen molar-refractivity contribution in [2.24, 2.45) is 17.1 Å². The number of likely N-dealkylation sites (tertiary alicyclic amines) is 1. The molecule has 4 nitrogen and oxygen atoms in total. The minimum atomic E-state index is -0.450. The summed E-state index contributed by atoms with van der Waals surface area (Å²) in [7, 11) is 0. The van der Waals surface area contributed by atoms with Crippen LogP contribution in [-0.2, 0) is 9.59 Å². The predicted octanol–water partition coefficient (Wildman–Crippen LogP) is 1.14. The van der Waals surface area contributed by atoms with Crippen LogP contribution in [0.15, 0.2) is 0 Å². The van der Waals surface area contributed by atoms with Gasteiger partial charge in [-0.2, -0.15) is 0 Å². The van der Waals surface area contributed by atoms with Crippen molar-refractivity contribution in [1.29, 1.82) is 0 Å². The van der Waals surface area contributed by atoms with E-state index in [0.29, 0.717) is 18.9 Å². The quantitative estimate of drug-likeness (QED) is 0.729. The van der Waals surface area contributed by atoms with Crippen LogP contribution in [0.4, 0.5) is 0 Å². The second-order valence-electron chi connectivity index (χ2n) is 5.80. The van der Waals surface area contributed by atoms with Crippen LogP contribution in [0.2, 0.25) is 0 Å². The summed E-state index contributed by atoms with van der Waals surface area (Å²) in [6, 6.07) is -0.421. The average Bonchev–Trinajstić information content (AvgIpc) is 2.15. The Kier molecular flexibility index (Phi) is 3.61. The Morgan fingerprint density at radius 3 is 2.31 bits per heavy atom. The molecule has 92 valence electrons. The summed E-state index contributed by atoms with van der Waals surface area (Å²) in [4.78, 5) is 25.2. The second kappa shape index (κ2) is 4.44. The largest absolute Gasteiger partial charge is 0.368 e. The van der Waals surface area contributed by atoms with Crippen LogP contribution in [-0.4, -0.2) is 29.3 Å². The van der Waals surface area contributed by atoms with Gasteiger partial charge in [-0.1, -0.05) is 27.7 Å². The van der Waals surface area contributed by atoms with Crippen LogP contribution in [0, 0.1) is 11.3 Å². The number of carbonyl (C=O) groups is 2. The lowest BCUT2D eigenvalue weighted by Gasteiger charge is -2.39. The van der Waals surface area contributed by atoms with Crippen molar-refractivity contribution < 1.29 is 9.59 Å². The lowest BCUT2D eigenvalue weighted by Crippen LogP contribution is -2.54. The second-order valence-corrected chi connectivity index (χ2v) is 5.80. The molecule has 0 aromatic heterocycles. The summed E-state index contributed by atoms with van der Waals surface area (Å²) >= 11 is 0. The molecular weight excluding hydrogens is 204 g/mol. The van der Waals surface area contributed by atoms with Gasteiger partial charge in [-0.3, -0.25) is 9.59 Å². The third kappa shape index (κ3) is 2.74. The molecule has 2 N–H and O–H groups in total. The van der Waals surface area contributed by atoms with E-state index in [0.717, 1.165) is 6.42 Å². The van der Waals surface area contributed by atoms with Gasteiger partial charge in [0.05, 0.1) is 0 Å². The first kappa shape index (κ1) is 13.0. The van der Waals surface area contributed by atoms with Crippen molar-refractivity contribution in [3.8, 4) is 0 Å². The summed E-state index contributed by atoms with van der Waals surface area (Å²) in [5.41, 5.74) is 4.92. The van der Waals surface area contributed by atoms with Crippen LogP contribution in [0.5, 0.6) is 0 Å². The van der Waals surface area contributed by atoms with E-state index in [9.17, 15) is 9.59 Å². The zero-order valence-corrected chi connectivity index (χ0v) is 10.6. The molecule has 2 amide bonds. The molecule has 4 heteroatoms. The number of hydrogen-bond acceptors (Lipinski definition) is 2. The van der Waals surface area contributed by atoms with E-state index in [4.69, 9.17) is 5.73 Å². The average molecular weight is 226 g/mol. The molecule has 1 aliphatic heterocycles. The fourth-order valence-corrected chi connectivity index (χ4v) is 2.09. The highest BCUT2D eigenvalue weighted by Crippen LogP contribution is 2.27. The maximum Gasteiger partial charge on any atom is 0.240 e. The minimum Gasteiger partial charge on any atom is -0.368 e. The standard InChI is InChI=1S/C12H22N2O2/c1-8-5-6-14(9(7-8)10(13)15)11(16)12(2,3)4/h8-9H,5-7H2,1-4H3,(H2,13,15)/t8-,9-/m1/s1. The topological polar surface area (TPSA) is 63.4 Å². The maximum atomic E-state index is 12.2. The van der Waals surface area contributed by atoms with Crippen LogP contribution >= 0.6 is 0 Å². The van der Waals surface area contributed by atoms with Gasteiger partial charge in [0.15, 0.2) is 0 Å². The molecule has 1 saturated heterocycles. The third-order valence-electron chi connectivity index (χ3n) is 3.10. The normalized spacial score (nSPS) is 26.6. The van der Waals surface area contributed by atoms with E-state index in [1.54, 1.807) is 4.90 Å². The highest BCUT2D eigenvalue weighted by molar-refractivity contribution is 5.89. The van der Waals surface area contributed by atoms with Crippen molar-refractivity contribution in [3.05, 3.63) is 0 Å². The molecule has 1 fully saturated rings. The Hall–Kier alpha value is -1.06. The van der Waals surface area contributed by atoms with Gasteiger partial charge in [0.25, 0.3) is 0 Å². The van der Waals surface area contributed by atoms with Crippen molar-refractivity contribution in [2.75, 3.05) is 6.54 Å². The first-order valence-corrected chi connectivity index (χ1v) is 5.84. The van der Waals surface area contributed by atoms with E-state index in [1.165, 1.54) is 0 Å². The van der Waals surface area contributed by atoms with Gasteiger partial charge in [0.1, 0.15) is 6.04 Å². The zero-order valence-electron chi connectivity index (χ0n) is 10.6. The van der Waals surface area contributed by atoms with Crippen LogP contribution in [0.1, 0.15) is 40.5 Å². The summed E-state index contributed by atoms with van der Waals surface area (Å²) in [5.74, 6) is 0.0915. The van der Waals surface area contributed by atoms with Crippen molar-refractivity contribution >= 4 is 11.8 Å². The molecule has 1 heterocycles. The minimum absolute atomic E-state index is 0.0169. The summed E-state index contributed by atoms with van der Waals surface area (Å²) in [6.07, 6.45) is 1.64. The van der Waals surface area contributed by atoms with Crippen molar-refractivity contribution in [2.45, 2.75) is 46.6 Å². The predicted molar refractivity (Wildman–Crippen MR) is 62.5 cm³/mol. The number of piperidine rings is 1. The third-order valence-corrected chi connectivity index (χ3v) is 3.10. The van der Waals surface area contributed by atoms with Crippen LogP contribution in [0.3, 0.4) is 0 Å². The number of nitrogens with zero attached hydrogens (tertiary/aromatic N) is 1. The van der Waals surface area contributed by atoms with Gasteiger partial charge in [-0.05, 0) is 18.8 Å². The molecule has 2 atom stereocenters. The smallest absolute Gasteiger partial charge is 0.240 e. The molecule has 0 radical (unpaired) electrons. The van der Waals surface area contributed by atoms with Gasteiger partial charge in [-0.15, -0.1) is 0 Å². The molecule has 0 aromatic rings. The molecule has 0 aromatic carbocycles. The Bertz CT molecular complexity index is 294. The monoisotopic (exact) mass is 226 g/mol. The van der Waals surface area contributed by atoms with Crippen LogP contribution in [0.25, 0.3) is 0 Å². The number of rotatable bonds is 1. The highest BCUT2D eigenvalue weighted by atomic mass is 16.2. The van der Waals surface area contributed by atoms with E-state index in [2.05, 4.69) is 6.92 Å².